The van der Waals surface area contributed by atoms with Gasteiger partial charge in [0.05, 0.1) is 6.61 Å². The van der Waals surface area contributed by atoms with Gasteiger partial charge in [-0.05, 0) is 17.5 Å². The lowest BCUT2D eigenvalue weighted by Gasteiger charge is -2.21. The van der Waals surface area contributed by atoms with E-state index >= 15 is 0 Å². The van der Waals surface area contributed by atoms with Crippen LogP contribution in [0.3, 0.4) is 0 Å². The van der Waals surface area contributed by atoms with E-state index in [4.69, 9.17) is 4.74 Å². The first-order valence-corrected chi connectivity index (χ1v) is 6.31. The molecule has 0 aliphatic carbocycles. The molecule has 1 fully saturated rings. The predicted molar refractivity (Wildman–Crippen MR) is 67.9 cm³/mol. The van der Waals surface area contributed by atoms with Crippen molar-refractivity contribution in [2.45, 2.75) is 31.9 Å². The molecule has 0 radical (unpaired) electrons. The molecule has 1 saturated heterocycles. The van der Waals surface area contributed by atoms with E-state index in [1.54, 1.807) is 0 Å². The van der Waals surface area contributed by atoms with Gasteiger partial charge in [-0.2, -0.15) is 0 Å². The van der Waals surface area contributed by atoms with Crippen LogP contribution >= 0.6 is 0 Å². The molecule has 1 aliphatic rings. The highest BCUT2D eigenvalue weighted by atomic mass is 16.5. The summed E-state index contributed by atoms with van der Waals surface area (Å²) in [6, 6.07) is 8.43. The van der Waals surface area contributed by atoms with Crippen molar-refractivity contribution in [1.29, 1.82) is 0 Å². The van der Waals surface area contributed by atoms with E-state index in [2.05, 4.69) is 36.5 Å². The van der Waals surface area contributed by atoms with Gasteiger partial charge < -0.3 is 15.2 Å². The van der Waals surface area contributed by atoms with Gasteiger partial charge in [-0.25, -0.2) is 0 Å². The fraction of sp³-hybridized carbons (Fsp3) is 0.571. The van der Waals surface area contributed by atoms with E-state index in [0.29, 0.717) is 19.8 Å². The number of hydrogen-bond acceptors (Lipinski definition) is 3. The molecule has 1 aromatic rings. The highest BCUT2D eigenvalue weighted by molar-refractivity contribution is 5.26. The minimum atomic E-state index is -0.666. The summed E-state index contributed by atoms with van der Waals surface area (Å²) < 4.78 is 5.22. The normalized spacial score (nSPS) is 24.1. The molecule has 2 rings (SSSR count). The zero-order chi connectivity index (χ0) is 12.1. The second kappa shape index (κ2) is 5.63. The Morgan fingerprint density at radius 2 is 2.12 bits per heavy atom. The quantitative estimate of drug-likeness (QED) is 0.812. The van der Waals surface area contributed by atoms with Crippen molar-refractivity contribution in [2.24, 2.45) is 0 Å². The molecule has 0 spiro atoms. The van der Waals surface area contributed by atoms with Crippen LogP contribution in [0.4, 0.5) is 0 Å². The largest absolute Gasteiger partial charge is 0.386 e. The molecule has 3 nitrogen and oxygen atoms in total. The summed E-state index contributed by atoms with van der Waals surface area (Å²) >= 11 is 0. The molecule has 0 bridgehead atoms. The Balaban J connectivity index is 1.85. The fourth-order valence-corrected chi connectivity index (χ4v) is 2.24. The van der Waals surface area contributed by atoms with Crippen LogP contribution in [-0.2, 0) is 17.7 Å². The van der Waals surface area contributed by atoms with E-state index < -0.39 is 5.60 Å². The van der Waals surface area contributed by atoms with E-state index in [1.165, 1.54) is 11.1 Å². The van der Waals surface area contributed by atoms with Crippen LogP contribution in [-0.4, -0.2) is 30.5 Å². The molecule has 1 aliphatic heterocycles. The van der Waals surface area contributed by atoms with Crippen molar-refractivity contribution in [1.82, 2.24) is 5.32 Å². The van der Waals surface area contributed by atoms with Crippen molar-refractivity contribution in [3.63, 3.8) is 0 Å². The zero-order valence-corrected chi connectivity index (χ0v) is 10.4. The number of nitrogens with one attached hydrogen (secondary N) is 1. The highest BCUT2D eigenvalue weighted by Gasteiger charge is 2.31. The molecule has 1 heterocycles. The highest BCUT2D eigenvalue weighted by Crippen LogP contribution is 2.17. The maximum atomic E-state index is 10.1. The third-order valence-electron chi connectivity index (χ3n) is 3.35. The Labute approximate surface area is 103 Å². The molecule has 0 aromatic heterocycles. The van der Waals surface area contributed by atoms with Gasteiger partial charge in [0, 0.05) is 26.1 Å². The van der Waals surface area contributed by atoms with Gasteiger partial charge in [0.25, 0.3) is 0 Å². The summed E-state index contributed by atoms with van der Waals surface area (Å²) in [7, 11) is 0. The summed E-state index contributed by atoms with van der Waals surface area (Å²) in [6.07, 6.45) is 1.78. The summed E-state index contributed by atoms with van der Waals surface area (Å²) in [4.78, 5) is 0. The molecule has 2 N–H and O–H groups in total. The molecule has 1 unspecified atom stereocenters. The van der Waals surface area contributed by atoms with Gasteiger partial charge in [0.1, 0.15) is 5.60 Å². The minimum Gasteiger partial charge on any atom is -0.386 e. The lowest BCUT2D eigenvalue weighted by Crippen LogP contribution is -2.40. The fourth-order valence-electron chi connectivity index (χ4n) is 2.24. The van der Waals surface area contributed by atoms with Crippen molar-refractivity contribution < 1.29 is 9.84 Å². The van der Waals surface area contributed by atoms with Crippen LogP contribution in [0.5, 0.6) is 0 Å². The molecule has 17 heavy (non-hydrogen) atoms. The third-order valence-corrected chi connectivity index (χ3v) is 3.35. The van der Waals surface area contributed by atoms with Crippen molar-refractivity contribution >= 4 is 0 Å². The number of benzene rings is 1. The van der Waals surface area contributed by atoms with Gasteiger partial charge in [-0.3, -0.25) is 0 Å². The molecular weight excluding hydrogens is 214 g/mol. The predicted octanol–water partition coefficient (Wildman–Crippen LogP) is 1.49. The van der Waals surface area contributed by atoms with Crippen LogP contribution in [0, 0.1) is 0 Å². The Morgan fingerprint density at radius 1 is 1.35 bits per heavy atom. The third kappa shape index (κ3) is 3.28. The number of aryl methyl sites for hydroxylation is 1. The SMILES string of the molecule is CCc1ccccc1CNCC1(O)CCOC1. The van der Waals surface area contributed by atoms with Gasteiger partial charge in [-0.15, -0.1) is 0 Å². The molecule has 1 aromatic carbocycles. The van der Waals surface area contributed by atoms with Gasteiger partial charge in [-0.1, -0.05) is 31.2 Å². The van der Waals surface area contributed by atoms with E-state index in [0.717, 1.165) is 19.4 Å². The minimum absolute atomic E-state index is 0.454. The molecule has 94 valence electrons. The van der Waals surface area contributed by atoms with Crippen LogP contribution in [0.1, 0.15) is 24.5 Å². The lowest BCUT2D eigenvalue weighted by atomic mass is 10.0. The zero-order valence-electron chi connectivity index (χ0n) is 10.4. The maximum absolute atomic E-state index is 10.1. The summed E-state index contributed by atoms with van der Waals surface area (Å²) in [5.41, 5.74) is 2.02. The number of ether oxygens (including phenoxy) is 1. The Hall–Kier alpha value is -0.900. The molecular formula is C14H21NO2. The topological polar surface area (TPSA) is 41.5 Å². The summed E-state index contributed by atoms with van der Waals surface area (Å²) in [6.45, 7) is 4.70. The van der Waals surface area contributed by atoms with Gasteiger partial charge >= 0.3 is 0 Å². The number of aliphatic hydroxyl groups is 1. The van der Waals surface area contributed by atoms with Crippen LogP contribution in [0.15, 0.2) is 24.3 Å². The first kappa shape index (κ1) is 12.6. The Morgan fingerprint density at radius 3 is 2.76 bits per heavy atom. The van der Waals surface area contributed by atoms with Crippen LogP contribution in [0.2, 0.25) is 0 Å². The van der Waals surface area contributed by atoms with Gasteiger partial charge in [0.15, 0.2) is 0 Å². The number of hydrogen-bond donors (Lipinski definition) is 2. The summed E-state index contributed by atoms with van der Waals surface area (Å²) in [5.74, 6) is 0. The second-order valence-corrected chi connectivity index (χ2v) is 4.75. The van der Waals surface area contributed by atoms with Crippen LogP contribution < -0.4 is 5.32 Å². The lowest BCUT2D eigenvalue weighted by molar-refractivity contribution is 0.0268. The Kier molecular flexibility index (Phi) is 4.15. The van der Waals surface area contributed by atoms with Crippen molar-refractivity contribution in [2.75, 3.05) is 19.8 Å². The second-order valence-electron chi connectivity index (χ2n) is 4.75. The maximum Gasteiger partial charge on any atom is 0.102 e. The van der Waals surface area contributed by atoms with E-state index in [1.807, 2.05) is 0 Å². The summed E-state index contributed by atoms with van der Waals surface area (Å²) in [5, 5.41) is 13.4. The smallest absolute Gasteiger partial charge is 0.102 e. The van der Waals surface area contributed by atoms with Crippen molar-refractivity contribution in [3.05, 3.63) is 35.4 Å². The van der Waals surface area contributed by atoms with Crippen molar-refractivity contribution in [3.8, 4) is 0 Å². The van der Waals surface area contributed by atoms with E-state index in [9.17, 15) is 5.11 Å². The van der Waals surface area contributed by atoms with Crippen LogP contribution in [0.25, 0.3) is 0 Å². The molecule has 0 amide bonds. The molecule has 0 saturated carbocycles. The van der Waals surface area contributed by atoms with E-state index in [-0.39, 0.29) is 0 Å². The first-order valence-electron chi connectivity index (χ1n) is 6.31. The average Bonchev–Trinajstić information content (AvgIpc) is 2.77. The standard InChI is InChI=1S/C14H21NO2/c1-2-12-5-3-4-6-13(12)9-15-10-14(16)7-8-17-11-14/h3-6,15-16H,2,7-11H2,1H3. The monoisotopic (exact) mass is 235 g/mol. The average molecular weight is 235 g/mol. The first-order chi connectivity index (χ1) is 8.23. The number of rotatable bonds is 5. The molecule has 1 atom stereocenters. The van der Waals surface area contributed by atoms with Gasteiger partial charge in [0.2, 0.25) is 0 Å². The molecule has 3 heteroatoms. The Bertz CT molecular complexity index is 359.